The molecule has 32 heavy (non-hydrogen) atoms. The predicted molar refractivity (Wildman–Crippen MR) is 129 cm³/mol. The van der Waals surface area contributed by atoms with Gasteiger partial charge < -0.3 is 14.4 Å². The van der Waals surface area contributed by atoms with E-state index < -0.39 is 0 Å². The SMILES string of the molecule is COc1cccc(-c2nc(CN3CCN(c4cc(C)nc(C(C)C)n4)CC3)cs2)c1OC. The average molecular weight is 454 g/mol. The fraction of sp³-hybridized carbons (Fsp3) is 0.458. The molecule has 0 atom stereocenters. The summed E-state index contributed by atoms with van der Waals surface area (Å²) < 4.78 is 11.0. The van der Waals surface area contributed by atoms with Crippen LogP contribution in [0.2, 0.25) is 0 Å². The summed E-state index contributed by atoms with van der Waals surface area (Å²) >= 11 is 1.64. The van der Waals surface area contributed by atoms with Crippen LogP contribution >= 0.6 is 11.3 Å². The van der Waals surface area contributed by atoms with Crippen molar-refractivity contribution in [2.45, 2.75) is 33.2 Å². The first-order chi connectivity index (χ1) is 15.5. The van der Waals surface area contributed by atoms with Crippen LogP contribution in [0.25, 0.3) is 10.6 Å². The molecule has 1 aliphatic rings. The standard InChI is InChI=1S/C24H31N5O2S/c1-16(2)23-25-17(3)13-21(27-23)29-11-9-28(10-12-29)14-18-15-32-24(26-18)19-7-6-8-20(30-4)22(19)31-5/h6-8,13,15-16H,9-12,14H2,1-5H3. The third-order valence-corrected chi connectivity index (χ3v) is 6.57. The third kappa shape index (κ3) is 4.86. The van der Waals surface area contributed by atoms with E-state index in [-0.39, 0.29) is 0 Å². The van der Waals surface area contributed by atoms with E-state index in [1.54, 1.807) is 25.6 Å². The number of para-hydroxylation sites is 1. The first-order valence-corrected chi connectivity index (χ1v) is 11.8. The lowest BCUT2D eigenvalue weighted by atomic mass is 10.2. The number of aromatic nitrogens is 3. The molecule has 0 amide bonds. The molecule has 3 aromatic rings. The Bertz CT molecular complexity index is 1060. The highest BCUT2D eigenvalue weighted by molar-refractivity contribution is 7.13. The second-order valence-electron chi connectivity index (χ2n) is 8.33. The van der Waals surface area contributed by atoms with Crippen molar-refractivity contribution in [2.75, 3.05) is 45.3 Å². The number of ether oxygens (including phenoxy) is 2. The maximum absolute atomic E-state index is 5.58. The first-order valence-electron chi connectivity index (χ1n) is 11.0. The summed E-state index contributed by atoms with van der Waals surface area (Å²) in [7, 11) is 3.32. The van der Waals surface area contributed by atoms with Crippen molar-refractivity contribution in [3.63, 3.8) is 0 Å². The molecule has 8 heteroatoms. The molecule has 0 N–H and O–H groups in total. The van der Waals surface area contributed by atoms with Crippen molar-refractivity contribution < 1.29 is 9.47 Å². The summed E-state index contributed by atoms with van der Waals surface area (Å²) in [5, 5.41) is 3.09. The van der Waals surface area contributed by atoms with E-state index in [1.165, 1.54) is 0 Å². The Morgan fingerprint density at radius 3 is 2.50 bits per heavy atom. The van der Waals surface area contributed by atoms with Crippen LogP contribution in [0, 0.1) is 6.92 Å². The lowest BCUT2D eigenvalue weighted by Crippen LogP contribution is -2.46. The molecule has 3 heterocycles. The van der Waals surface area contributed by atoms with Gasteiger partial charge in [-0.1, -0.05) is 19.9 Å². The average Bonchev–Trinajstić information content (AvgIpc) is 3.26. The van der Waals surface area contributed by atoms with E-state index in [0.717, 1.165) is 77.8 Å². The number of hydrogen-bond acceptors (Lipinski definition) is 8. The van der Waals surface area contributed by atoms with Gasteiger partial charge in [-0.15, -0.1) is 11.3 Å². The van der Waals surface area contributed by atoms with Gasteiger partial charge >= 0.3 is 0 Å². The predicted octanol–water partition coefficient (Wildman–Crippen LogP) is 4.37. The fourth-order valence-corrected chi connectivity index (χ4v) is 4.75. The molecule has 2 aromatic heterocycles. The van der Waals surface area contributed by atoms with Crippen molar-refractivity contribution in [1.29, 1.82) is 0 Å². The van der Waals surface area contributed by atoms with E-state index in [1.807, 2.05) is 25.1 Å². The Labute approximate surface area is 194 Å². The highest BCUT2D eigenvalue weighted by Gasteiger charge is 2.21. The van der Waals surface area contributed by atoms with Gasteiger partial charge in [0.2, 0.25) is 0 Å². The van der Waals surface area contributed by atoms with Crippen molar-refractivity contribution in [1.82, 2.24) is 19.9 Å². The maximum atomic E-state index is 5.58. The molecule has 0 unspecified atom stereocenters. The number of anilines is 1. The molecule has 1 saturated heterocycles. The number of aryl methyl sites for hydroxylation is 1. The summed E-state index contributed by atoms with van der Waals surface area (Å²) in [6, 6.07) is 7.99. The number of piperazine rings is 1. The van der Waals surface area contributed by atoms with Gasteiger partial charge in [-0.25, -0.2) is 15.0 Å². The normalized spacial score (nSPS) is 14.8. The molecule has 4 rings (SSSR count). The van der Waals surface area contributed by atoms with Crippen molar-refractivity contribution in [3.8, 4) is 22.1 Å². The van der Waals surface area contributed by atoms with E-state index in [4.69, 9.17) is 19.4 Å². The lowest BCUT2D eigenvalue weighted by Gasteiger charge is -2.35. The summed E-state index contributed by atoms with van der Waals surface area (Å²) in [6.45, 7) is 11.0. The van der Waals surface area contributed by atoms with Crippen molar-refractivity contribution >= 4 is 17.2 Å². The van der Waals surface area contributed by atoms with Crippen molar-refractivity contribution in [3.05, 3.63) is 46.9 Å². The number of thiazole rings is 1. The van der Waals surface area contributed by atoms with Crippen LogP contribution in [0.15, 0.2) is 29.6 Å². The van der Waals surface area contributed by atoms with Crippen LogP contribution in [0.3, 0.4) is 0 Å². The summed E-state index contributed by atoms with van der Waals surface area (Å²) in [6.07, 6.45) is 0. The van der Waals surface area contributed by atoms with Crippen LogP contribution < -0.4 is 14.4 Å². The van der Waals surface area contributed by atoms with Gasteiger partial charge in [0, 0.05) is 55.8 Å². The van der Waals surface area contributed by atoms with E-state index >= 15 is 0 Å². The molecule has 0 saturated carbocycles. The molecule has 0 radical (unpaired) electrons. The van der Waals surface area contributed by atoms with Crippen LogP contribution in [-0.2, 0) is 6.54 Å². The van der Waals surface area contributed by atoms with Gasteiger partial charge in [0.15, 0.2) is 11.5 Å². The third-order valence-electron chi connectivity index (χ3n) is 5.64. The van der Waals surface area contributed by atoms with Crippen LogP contribution in [-0.4, -0.2) is 60.3 Å². The van der Waals surface area contributed by atoms with Gasteiger partial charge in [0.25, 0.3) is 0 Å². The molecule has 1 fully saturated rings. The molecule has 7 nitrogen and oxygen atoms in total. The smallest absolute Gasteiger partial charge is 0.170 e. The zero-order chi connectivity index (χ0) is 22.7. The van der Waals surface area contributed by atoms with Crippen molar-refractivity contribution in [2.24, 2.45) is 0 Å². The zero-order valence-electron chi connectivity index (χ0n) is 19.5. The maximum Gasteiger partial charge on any atom is 0.170 e. The van der Waals surface area contributed by atoms with Gasteiger partial charge in [-0.05, 0) is 19.1 Å². The zero-order valence-corrected chi connectivity index (χ0v) is 20.3. The number of nitrogens with zero attached hydrogens (tertiary/aromatic N) is 5. The molecular weight excluding hydrogens is 422 g/mol. The van der Waals surface area contributed by atoms with Crippen LogP contribution in [0.1, 0.15) is 37.0 Å². The minimum Gasteiger partial charge on any atom is -0.493 e. The Hall–Kier alpha value is -2.71. The summed E-state index contributed by atoms with van der Waals surface area (Å²) in [5.41, 5.74) is 3.08. The lowest BCUT2D eigenvalue weighted by molar-refractivity contribution is 0.247. The Morgan fingerprint density at radius 1 is 1.03 bits per heavy atom. The second-order valence-corrected chi connectivity index (χ2v) is 9.19. The quantitative estimate of drug-likeness (QED) is 0.526. The molecule has 170 valence electrons. The first kappa shape index (κ1) is 22.5. The van der Waals surface area contributed by atoms with Gasteiger partial charge in [0.1, 0.15) is 16.6 Å². The highest BCUT2D eigenvalue weighted by atomic mass is 32.1. The van der Waals surface area contributed by atoms with E-state index in [2.05, 4.69) is 40.1 Å². The second kappa shape index (κ2) is 9.83. The molecular formula is C24H31N5O2S. The topological polar surface area (TPSA) is 63.6 Å². The van der Waals surface area contributed by atoms with Gasteiger partial charge in [0.05, 0.1) is 25.5 Å². The molecule has 1 aromatic carbocycles. The van der Waals surface area contributed by atoms with E-state index in [9.17, 15) is 0 Å². The Morgan fingerprint density at radius 2 is 1.81 bits per heavy atom. The summed E-state index contributed by atoms with van der Waals surface area (Å²) in [5.74, 6) is 3.74. The van der Waals surface area contributed by atoms with Gasteiger partial charge in [-0.3, -0.25) is 4.90 Å². The Kier molecular flexibility index (Phi) is 6.91. The number of hydrogen-bond donors (Lipinski definition) is 0. The number of methoxy groups -OCH3 is 2. The highest BCUT2D eigenvalue weighted by Crippen LogP contribution is 2.39. The molecule has 0 spiro atoms. The van der Waals surface area contributed by atoms with E-state index in [0.29, 0.717) is 5.92 Å². The monoisotopic (exact) mass is 453 g/mol. The largest absolute Gasteiger partial charge is 0.493 e. The minimum absolute atomic E-state index is 0.331. The molecule has 1 aliphatic heterocycles. The van der Waals surface area contributed by atoms with Gasteiger partial charge in [-0.2, -0.15) is 0 Å². The van der Waals surface area contributed by atoms with Crippen LogP contribution in [0.4, 0.5) is 5.82 Å². The summed E-state index contributed by atoms with van der Waals surface area (Å²) in [4.78, 5) is 19.1. The fourth-order valence-electron chi connectivity index (χ4n) is 3.92. The Balaban J connectivity index is 1.41. The molecule has 0 aliphatic carbocycles. The number of rotatable bonds is 7. The number of benzene rings is 1. The minimum atomic E-state index is 0.331. The van der Waals surface area contributed by atoms with Crippen LogP contribution in [0.5, 0.6) is 11.5 Å². The molecule has 0 bridgehead atoms.